The third kappa shape index (κ3) is 3.01. The minimum Gasteiger partial charge on any atom is -0.309 e. The summed E-state index contributed by atoms with van der Waals surface area (Å²) < 4.78 is 2.40. The smallest absolute Gasteiger partial charge is 0.0543 e. The van der Waals surface area contributed by atoms with Gasteiger partial charge in [0, 0.05) is 21.9 Å². The van der Waals surface area contributed by atoms with Crippen LogP contribution in [0.2, 0.25) is 0 Å². The van der Waals surface area contributed by atoms with Gasteiger partial charge in [-0.05, 0) is 64.1 Å². The SMILES string of the molecule is CC1(C)c2ccccc2-c2ccc(Cc3ccc4c5ccccc5n(-c5ccccc5)c4c3)cc21. The van der Waals surface area contributed by atoms with E-state index in [9.17, 15) is 0 Å². The molecule has 1 aliphatic carbocycles. The Morgan fingerprint density at radius 1 is 0.543 bits per heavy atom. The molecule has 35 heavy (non-hydrogen) atoms. The molecule has 0 radical (unpaired) electrons. The van der Waals surface area contributed by atoms with Crippen LogP contribution in [0.25, 0.3) is 38.6 Å². The van der Waals surface area contributed by atoms with Gasteiger partial charge in [0.05, 0.1) is 11.0 Å². The lowest BCUT2D eigenvalue weighted by molar-refractivity contribution is 0.659. The van der Waals surface area contributed by atoms with E-state index < -0.39 is 0 Å². The van der Waals surface area contributed by atoms with Crippen molar-refractivity contribution >= 4 is 21.8 Å². The molecule has 168 valence electrons. The van der Waals surface area contributed by atoms with Gasteiger partial charge in [-0.2, -0.15) is 0 Å². The molecule has 1 aliphatic rings. The van der Waals surface area contributed by atoms with Crippen molar-refractivity contribution in [1.82, 2.24) is 4.57 Å². The molecule has 1 nitrogen and oxygen atoms in total. The van der Waals surface area contributed by atoms with Gasteiger partial charge in [0.1, 0.15) is 0 Å². The van der Waals surface area contributed by atoms with Crippen LogP contribution in [0.5, 0.6) is 0 Å². The number of hydrogen-bond donors (Lipinski definition) is 0. The third-order valence-electron chi connectivity index (χ3n) is 7.81. The molecular formula is C34H27N. The summed E-state index contributed by atoms with van der Waals surface area (Å²) in [6, 6.07) is 42.4. The molecule has 0 saturated carbocycles. The van der Waals surface area contributed by atoms with Crippen LogP contribution in [0.15, 0.2) is 115 Å². The fourth-order valence-electron chi connectivity index (χ4n) is 6.08. The largest absolute Gasteiger partial charge is 0.309 e. The Kier molecular flexibility index (Phi) is 4.32. The number of benzene rings is 5. The van der Waals surface area contributed by atoms with Crippen molar-refractivity contribution in [3.8, 4) is 16.8 Å². The van der Waals surface area contributed by atoms with Crippen LogP contribution >= 0.6 is 0 Å². The number of nitrogens with zero attached hydrogens (tertiary/aromatic N) is 1. The van der Waals surface area contributed by atoms with E-state index in [1.54, 1.807) is 0 Å². The number of para-hydroxylation sites is 2. The minimum absolute atomic E-state index is 0.0334. The van der Waals surface area contributed by atoms with Crippen molar-refractivity contribution < 1.29 is 0 Å². The second-order valence-electron chi connectivity index (χ2n) is 10.3. The van der Waals surface area contributed by atoms with Crippen LogP contribution < -0.4 is 0 Å². The summed E-state index contributed by atoms with van der Waals surface area (Å²) >= 11 is 0. The van der Waals surface area contributed by atoms with E-state index in [1.165, 1.54) is 60.9 Å². The lowest BCUT2D eigenvalue weighted by atomic mass is 9.81. The molecule has 0 amide bonds. The highest BCUT2D eigenvalue weighted by atomic mass is 15.0. The summed E-state index contributed by atoms with van der Waals surface area (Å²) in [5.41, 5.74) is 12.1. The maximum atomic E-state index is 2.44. The van der Waals surface area contributed by atoms with Gasteiger partial charge in [-0.15, -0.1) is 0 Å². The fraction of sp³-hybridized carbons (Fsp3) is 0.118. The van der Waals surface area contributed by atoms with Crippen molar-refractivity contribution in [2.45, 2.75) is 25.7 Å². The van der Waals surface area contributed by atoms with Gasteiger partial charge in [0.25, 0.3) is 0 Å². The number of fused-ring (bicyclic) bond motifs is 6. The molecule has 7 rings (SSSR count). The Morgan fingerprint density at radius 3 is 2.09 bits per heavy atom. The summed E-state index contributed by atoms with van der Waals surface area (Å²) in [5, 5.41) is 2.61. The molecule has 0 unspecified atom stereocenters. The zero-order chi connectivity index (χ0) is 23.6. The maximum Gasteiger partial charge on any atom is 0.0543 e. The third-order valence-corrected chi connectivity index (χ3v) is 7.81. The zero-order valence-electron chi connectivity index (χ0n) is 20.1. The average molecular weight is 450 g/mol. The summed E-state index contributed by atoms with van der Waals surface area (Å²) in [5.74, 6) is 0. The minimum atomic E-state index is 0.0334. The maximum absolute atomic E-state index is 2.44. The first-order valence-corrected chi connectivity index (χ1v) is 12.4. The Labute approximate surface area is 206 Å². The summed E-state index contributed by atoms with van der Waals surface area (Å²) in [4.78, 5) is 0. The predicted octanol–water partition coefficient (Wildman–Crippen LogP) is 8.68. The molecule has 6 aromatic rings. The molecule has 0 bridgehead atoms. The quantitative estimate of drug-likeness (QED) is 0.255. The van der Waals surface area contributed by atoms with Crippen LogP contribution in [0.3, 0.4) is 0 Å². The van der Waals surface area contributed by atoms with Crippen molar-refractivity contribution in [2.75, 3.05) is 0 Å². The first-order chi connectivity index (χ1) is 17.1. The number of aromatic nitrogens is 1. The van der Waals surface area contributed by atoms with E-state index in [0.717, 1.165) is 6.42 Å². The molecule has 0 fully saturated rings. The Morgan fingerprint density at radius 2 is 1.20 bits per heavy atom. The molecule has 0 spiro atoms. The second kappa shape index (κ2) is 7.45. The zero-order valence-corrected chi connectivity index (χ0v) is 20.1. The van der Waals surface area contributed by atoms with Crippen molar-refractivity contribution in [1.29, 1.82) is 0 Å². The number of rotatable bonds is 3. The monoisotopic (exact) mass is 449 g/mol. The van der Waals surface area contributed by atoms with E-state index in [-0.39, 0.29) is 5.41 Å². The van der Waals surface area contributed by atoms with Gasteiger partial charge in [-0.1, -0.05) is 105 Å². The average Bonchev–Trinajstić information content (AvgIpc) is 3.34. The molecular weight excluding hydrogens is 422 g/mol. The van der Waals surface area contributed by atoms with Crippen LogP contribution in [0.4, 0.5) is 0 Å². The Balaban J connectivity index is 1.34. The van der Waals surface area contributed by atoms with Crippen LogP contribution in [-0.2, 0) is 11.8 Å². The molecule has 1 heterocycles. The van der Waals surface area contributed by atoms with Crippen molar-refractivity contribution in [3.05, 3.63) is 138 Å². The fourth-order valence-corrected chi connectivity index (χ4v) is 6.08. The Bertz CT molecular complexity index is 1730. The van der Waals surface area contributed by atoms with E-state index in [1.807, 2.05) is 0 Å². The highest BCUT2D eigenvalue weighted by Gasteiger charge is 2.35. The highest BCUT2D eigenvalue weighted by Crippen LogP contribution is 2.48. The first kappa shape index (κ1) is 20.3. The normalized spacial score (nSPS) is 13.8. The molecule has 1 aromatic heterocycles. The second-order valence-corrected chi connectivity index (χ2v) is 10.3. The molecule has 0 atom stereocenters. The Hall–Kier alpha value is -4.10. The van der Waals surface area contributed by atoms with Gasteiger partial charge in [-0.3, -0.25) is 0 Å². The number of hydrogen-bond acceptors (Lipinski definition) is 0. The van der Waals surface area contributed by atoms with Gasteiger partial charge in [0.2, 0.25) is 0 Å². The van der Waals surface area contributed by atoms with E-state index in [2.05, 4.69) is 134 Å². The topological polar surface area (TPSA) is 4.93 Å². The summed E-state index contributed by atoms with van der Waals surface area (Å²) in [6.07, 6.45) is 0.923. The van der Waals surface area contributed by atoms with Crippen LogP contribution in [-0.4, -0.2) is 4.57 Å². The molecule has 0 N–H and O–H groups in total. The van der Waals surface area contributed by atoms with Gasteiger partial charge in [0.15, 0.2) is 0 Å². The highest BCUT2D eigenvalue weighted by molar-refractivity contribution is 6.09. The van der Waals surface area contributed by atoms with Gasteiger partial charge >= 0.3 is 0 Å². The first-order valence-electron chi connectivity index (χ1n) is 12.4. The molecule has 0 saturated heterocycles. The van der Waals surface area contributed by atoms with E-state index in [4.69, 9.17) is 0 Å². The van der Waals surface area contributed by atoms with Crippen molar-refractivity contribution in [2.24, 2.45) is 0 Å². The van der Waals surface area contributed by atoms with E-state index in [0.29, 0.717) is 0 Å². The lowest BCUT2D eigenvalue weighted by Gasteiger charge is -2.22. The molecule has 0 aliphatic heterocycles. The van der Waals surface area contributed by atoms with Crippen LogP contribution in [0.1, 0.15) is 36.1 Å². The lowest BCUT2D eigenvalue weighted by Crippen LogP contribution is -2.15. The standard InChI is InChI=1S/C34H27N/c1-34(2)30-14-8-6-12-26(30)27-18-16-23(21-31(27)34)20-24-17-19-29-28-13-7-9-15-32(28)35(33(29)22-24)25-10-4-3-5-11-25/h3-19,21-22H,20H2,1-2H3. The van der Waals surface area contributed by atoms with Crippen molar-refractivity contribution in [3.63, 3.8) is 0 Å². The molecule has 5 aromatic carbocycles. The summed E-state index contributed by atoms with van der Waals surface area (Å²) in [7, 11) is 0. The van der Waals surface area contributed by atoms with Gasteiger partial charge < -0.3 is 4.57 Å². The molecule has 1 heteroatoms. The van der Waals surface area contributed by atoms with Gasteiger partial charge in [-0.25, -0.2) is 0 Å². The predicted molar refractivity (Wildman–Crippen MR) is 148 cm³/mol. The van der Waals surface area contributed by atoms with Crippen LogP contribution in [0, 0.1) is 0 Å². The van der Waals surface area contributed by atoms with E-state index >= 15 is 0 Å². The summed E-state index contributed by atoms with van der Waals surface area (Å²) in [6.45, 7) is 4.71.